The van der Waals surface area contributed by atoms with Gasteiger partial charge in [-0.05, 0) is 0 Å². The van der Waals surface area contributed by atoms with Crippen molar-refractivity contribution in [2.45, 2.75) is 5.37 Å². The Morgan fingerprint density at radius 1 is 1.88 bits per heavy atom. The van der Waals surface area contributed by atoms with Gasteiger partial charge in [-0.1, -0.05) is 0 Å². The largest absolute Gasteiger partial charge is 0.352 e. The van der Waals surface area contributed by atoms with Crippen molar-refractivity contribution < 1.29 is 9.59 Å². The maximum absolute atomic E-state index is 9.85. The van der Waals surface area contributed by atoms with Gasteiger partial charge >= 0.3 is 6.03 Å². The van der Waals surface area contributed by atoms with Gasteiger partial charge in [0.05, 0.1) is 0 Å². The van der Waals surface area contributed by atoms with E-state index in [0.717, 1.165) is 0 Å². The summed E-state index contributed by atoms with van der Waals surface area (Å²) in [5.74, 6) is 0. The highest BCUT2D eigenvalue weighted by Crippen LogP contribution is 1.80. The molecule has 0 aliphatic carbocycles. The summed E-state index contributed by atoms with van der Waals surface area (Å²) < 4.78 is 0. The van der Waals surface area contributed by atoms with Crippen LogP contribution in [0.2, 0.25) is 0 Å². The first-order valence-corrected chi connectivity index (χ1v) is 2.30. The number of hydrogen-bond acceptors (Lipinski definition) is 3. The first kappa shape index (κ1) is 7.29. The number of nitrogens with two attached hydrogens (primary N) is 1. The second kappa shape index (κ2) is 3.31. The summed E-state index contributed by atoms with van der Waals surface area (Å²) in [6.45, 7) is 0. The molecule has 1 atom stereocenters. The van der Waals surface area contributed by atoms with Crippen LogP contribution in [-0.2, 0) is 4.79 Å². The second-order valence-electron chi connectivity index (χ2n) is 1.03. The van der Waals surface area contributed by atoms with Gasteiger partial charge in [-0.3, -0.25) is 4.79 Å². The number of primary amides is 1. The molecule has 1 unspecified atom stereocenters. The molecular weight excluding hydrogens is 128 g/mol. The van der Waals surface area contributed by atoms with Crippen LogP contribution in [0.4, 0.5) is 4.79 Å². The Balaban J connectivity index is 3.38. The van der Waals surface area contributed by atoms with Gasteiger partial charge in [-0.25, -0.2) is 4.79 Å². The van der Waals surface area contributed by atoms with E-state index in [1.807, 2.05) is 5.32 Å². The van der Waals surface area contributed by atoms with Crippen molar-refractivity contribution in [1.29, 1.82) is 0 Å². The lowest BCUT2D eigenvalue weighted by Crippen LogP contribution is -2.36. The van der Waals surface area contributed by atoms with Gasteiger partial charge < -0.3 is 11.1 Å². The lowest BCUT2D eigenvalue weighted by molar-refractivity contribution is 0.249. The molecule has 5 heteroatoms. The highest BCUT2D eigenvalue weighted by Gasteiger charge is 2.00. The molecule has 8 heavy (non-hydrogen) atoms. The molecule has 1 radical (unpaired) electrons. The maximum Gasteiger partial charge on any atom is 0.313 e. The molecule has 2 amide bonds. The summed E-state index contributed by atoms with van der Waals surface area (Å²) in [5.41, 5.74) is 4.59. The summed E-state index contributed by atoms with van der Waals surface area (Å²) in [6.07, 6.45) is 1.40. The molecule has 0 bridgehead atoms. The van der Waals surface area contributed by atoms with Gasteiger partial charge in [-0.15, -0.1) is 12.6 Å². The number of hydrogen-bond donors (Lipinski definition) is 3. The highest BCUT2D eigenvalue weighted by atomic mass is 32.1. The Morgan fingerprint density at radius 3 is 2.50 bits per heavy atom. The third-order valence-electron chi connectivity index (χ3n) is 0.391. The second-order valence-corrected chi connectivity index (χ2v) is 1.55. The van der Waals surface area contributed by atoms with Gasteiger partial charge in [0.15, 0.2) is 0 Å². The monoisotopic (exact) mass is 133 g/mol. The minimum atomic E-state index is -0.910. The minimum absolute atomic E-state index is 0.784. The molecule has 45 valence electrons. The molecule has 0 aromatic carbocycles. The highest BCUT2D eigenvalue weighted by molar-refractivity contribution is 7.81. The van der Waals surface area contributed by atoms with E-state index in [4.69, 9.17) is 0 Å². The van der Waals surface area contributed by atoms with E-state index < -0.39 is 11.4 Å². The fourth-order valence-corrected chi connectivity index (χ4v) is 0.291. The lowest BCUT2D eigenvalue weighted by atomic mass is 10.7. The number of rotatable bonds is 2. The van der Waals surface area contributed by atoms with E-state index in [-0.39, 0.29) is 0 Å². The third kappa shape index (κ3) is 3.48. The molecular formula is C3H5N2O2S. The molecule has 0 fully saturated rings. The summed E-state index contributed by atoms with van der Waals surface area (Å²) >= 11 is 3.53. The molecule has 0 heterocycles. The van der Waals surface area contributed by atoms with Crippen LogP contribution in [0.15, 0.2) is 0 Å². The van der Waals surface area contributed by atoms with Gasteiger partial charge in [0.2, 0.25) is 6.29 Å². The van der Waals surface area contributed by atoms with Crippen LogP contribution in [0.25, 0.3) is 0 Å². The van der Waals surface area contributed by atoms with Crippen molar-refractivity contribution >= 4 is 24.9 Å². The maximum atomic E-state index is 9.85. The van der Waals surface area contributed by atoms with Crippen LogP contribution in [0, 0.1) is 0 Å². The first-order chi connectivity index (χ1) is 3.66. The molecule has 0 saturated carbocycles. The predicted octanol–water partition coefficient (Wildman–Crippen LogP) is -0.980. The zero-order chi connectivity index (χ0) is 6.57. The smallest absolute Gasteiger partial charge is 0.313 e. The van der Waals surface area contributed by atoms with Crippen molar-refractivity contribution in [3.8, 4) is 0 Å². The van der Waals surface area contributed by atoms with Crippen molar-refractivity contribution in [2.75, 3.05) is 0 Å². The summed E-state index contributed by atoms with van der Waals surface area (Å²) in [7, 11) is 0. The molecule has 0 aliphatic rings. The van der Waals surface area contributed by atoms with E-state index in [1.165, 1.54) is 6.29 Å². The number of carbonyl (C=O) groups excluding carboxylic acids is 2. The van der Waals surface area contributed by atoms with Crippen molar-refractivity contribution in [3.05, 3.63) is 0 Å². The SMILES string of the molecule is NC(=O)NC(S)[C]=O. The number of thiol groups is 1. The summed E-state index contributed by atoms with van der Waals surface area (Å²) in [5, 5.41) is 1.06. The van der Waals surface area contributed by atoms with Crippen LogP contribution < -0.4 is 11.1 Å². The van der Waals surface area contributed by atoms with Crippen molar-refractivity contribution in [1.82, 2.24) is 5.32 Å². The summed E-state index contributed by atoms with van der Waals surface area (Å²) in [6, 6.07) is -0.784. The average Bonchev–Trinajstić information content (AvgIpc) is 1.65. The Morgan fingerprint density at radius 2 is 2.38 bits per heavy atom. The molecule has 0 rings (SSSR count). The lowest BCUT2D eigenvalue weighted by Gasteiger charge is -1.98. The van der Waals surface area contributed by atoms with Gasteiger partial charge in [0.1, 0.15) is 5.37 Å². The normalized spacial score (nSPS) is 12.1. The summed E-state index contributed by atoms with van der Waals surface area (Å²) in [4.78, 5) is 19.4. The zero-order valence-electron chi connectivity index (χ0n) is 3.92. The van der Waals surface area contributed by atoms with Gasteiger partial charge in [-0.2, -0.15) is 0 Å². The number of amides is 2. The first-order valence-electron chi connectivity index (χ1n) is 1.78. The van der Waals surface area contributed by atoms with Crippen LogP contribution >= 0.6 is 12.6 Å². The Hall–Kier alpha value is -0.710. The quantitative estimate of drug-likeness (QED) is 0.334. The zero-order valence-corrected chi connectivity index (χ0v) is 4.81. The van der Waals surface area contributed by atoms with E-state index in [2.05, 4.69) is 18.4 Å². The predicted molar refractivity (Wildman–Crippen MR) is 31.2 cm³/mol. The standard InChI is InChI=1S/C3H5N2O2S/c4-3(7)5-2(8)1-6/h2,8H,(H3,4,5,7). The van der Waals surface area contributed by atoms with Gasteiger partial charge in [0.25, 0.3) is 0 Å². The minimum Gasteiger partial charge on any atom is -0.352 e. The molecule has 0 spiro atoms. The van der Waals surface area contributed by atoms with Crippen molar-refractivity contribution in [3.63, 3.8) is 0 Å². The molecule has 0 aromatic heterocycles. The fourth-order valence-electron chi connectivity index (χ4n) is 0.164. The van der Waals surface area contributed by atoms with E-state index in [1.54, 1.807) is 0 Å². The van der Waals surface area contributed by atoms with E-state index in [9.17, 15) is 9.59 Å². The molecule has 0 aromatic rings. The fraction of sp³-hybridized carbons (Fsp3) is 0.333. The van der Waals surface area contributed by atoms with E-state index >= 15 is 0 Å². The number of urea groups is 1. The number of carbonyl (C=O) groups is 1. The van der Waals surface area contributed by atoms with Crippen LogP contribution in [0.1, 0.15) is 0 Å². The van der Waals surface area contributed by atoms with Crippen LogP contribution in [-0.4, -0.2) is 17.7 Å². The van der Waals surface area contributed by atoms with E-state index in [0.29, 0.717) is 0 Å². The third-order valence-corrected chi connectivity index (χ3v) is 0.625. The molecule has 0 aliphatic heterocycles. The Kier molecular flexibility index (Phi) is 3.02. The van der Waals surface area contributed by atoms with Gasteiger partial charge in [0, 0.05) is 0 Å². The topological polar surface area (TPSA) is 72.2 Å². The average molecular weight is 133 g/mol. The van der Waals surface area contributed by atoms with Crippen molar-refractivity contribution in [2.24, 2.45) is 5.73 Å². The number of nitrogens with one attached hydrogen (secondary N) is 1. The molecule has 4 nitrogen and oxygen atoms in total. The Labute approximate surface area is 51.8 Å². The molecule has 0 saturated heterocycles. The Bertz CT molecular complexity index is 105. The van der Waals surface area contributed by atoms with Crippen LogP contribution in [0.3, 0.4) is 0 Å². The molecule has 3 N–H and O–H groups in total. The van der Waals surface area contributed by atoms with Crippen LogP contribution in [0.5, 0.6) is 0 Å².